The third kappa shape index (κ3) is 4.99. The number of likely N-dealkylation sites (N-methyl/N-ethyl adjacent to an activating group) is 1. The standard InChI is InChI=1S/C26H29N7O3/c1-31(20-10-12-32(13-11-20)24-9-7-18-4-2-3-5-21(18)28-24)25(34)17-36-15-14-33-23-16-19(26(27)35)6-8-22(23)29-30-33/h2-9,16,20H,10-15,17H2,1H3,(H2,27,35). The maximum Gasteiger partial charge on any atom is 0.248 e. The van der Waals surface area contributed by atoms with Crippen molar-refractivity contribution in [2.45, 2.75) is 25.4 Å². The van der Waals surface area contributed by atoms with Gasteiger partial charge in [0.2, 0.25) is 11.8 Å². The van der Waals surface area contributed by atoms with E-state index in [0.717, 1.165) is 42.7 Å². The van der Waals surface area contributed by atoms with Crippen molar-refractivity contribution in [2.75, 3.05) is 38.3 Å². The molecule has 0 unspecified atom stereocenters. The number of carbonyl (C=O) groups is 2. The fourth-order valence-corrected chi connectivity index (χ4v) is 4.61. The summed E-state index contributed by atoms with van der Waals surface area (Å²) < 4.78 is 7.29. The van der Waals surface area contributed by atoms with Crippen LogP contribution in [0.15, 0.2) is 54.6 Å². The molecule has 3 heterocycles. The number of rotatable bonds is 8. The lowest BCUT2D eigenvalue weighted by Gasteiger charge is -2.37. The second-order valence-corrected chi connectivity index (χ2v) is 9.02. The van der Waals surface area contributed by atoms with Gasteiger partial charge in [-0.05, 0) is 49.2 Å². The second kappa shape index (κ2) is 10.3. The molecular formula is C26H29N7O3. The summed E-state index contributed by atoms with van der Waals surface area (Å²) in [6.07, 6.45) is 1.76. The quantitative estimate of drug-likeness (QED) is 0.379. The van der Waals surface area contributed by atoms with Crippen molar-refractivity contribution >= 4 is 39.6 Å². The van der Waals surface area contributed by atoms with Gasteiger partial charge in [0.1, 0.15) is 17.9 Å². The van der Waals surface area contributed by atoms with Gasteiger partial charge >= 0.3 is 0 Å². The number of para-hydroxylation sites is 1. The summed E-state index contributed by atoms with van der Waals surface area (Å²) in [5, 5.41) is 9.32. The van der Waals surface area contributed by atoms with Crippen LogP contribution in [0.25, 0.3) is 21.9 Å². The Kier molecular flexibility index (Phi) is 6.77. The number of ether oxygens (including phenoxy) is 1. The Morgan fingerprint density at radius 1 is 1.08 bits per heavy atom. The Hall–Kier alpha value is -4.05. The molecule has 0 aliphatic carbocycles. The minimum Gasteiger partial charge on any atom is -0.370 e. The predicted octanol–water partition coefficient (Wildman–Crippen LogP) is 2.22. The Bertz CT molecular complexity index is 1390. The predicted molar refractivity (Wildman–Crippen MR) is 137 cm³/mol. The Morgan fingerprint density at radius 3 is 2.69 bits per heavy atom. The first-order chi connectivity index (χ1) is 17.5. The highest BCUT2D eigenvalue weighted by Crippen LogP contribution is 2.23. The molecule has 0 radical (unpaired) electrons. The van der Waals surface area contributed by atoms with Crippen molar-refractivity contribution in [2.24, 2.45) is 5.73 Å². The Balaban J connectivity index is 1.09. The number of piperidine rings is 1. The van der Waals surface area contributed by atoms with Gasteiger partial charge in [0, 0.05) is 37.1 Å². The summed E-state index contributed by atoms with van der Waals surface area (Å²) in [7, 11) is 1.84. The minimum atomic E-state index is -0.506. The van der Waals surface area contributed by atoms with E-state index in [-0.39, 0.29) is 18.6 Å². The Labute approximate surface area is 208 Å². The zero-order valence-corrected chi connectivity index (χ0v) is 20.2. The highest BCUT2D eigenvalue weighted by Gasteiger charge is 2.26. The number of pyridine rings is 1. The Morgan fingerprint density at radius 2 is 1.89 bits per heavy atom. The molecule has 36 heavy (non-hydrogen) atoms. The van der Waals surface area contributed by atoms with E-state index >= 15 is 0 Å². The van der Waals surface area contributed by atoms with Crippen LogP contribution in [0.5, 0.6) is 0 Å². The van der Waals surface area contributed by atoms with Gasteiger partial charge in [0.15, 0.2) is 0 Å². The number of benzene rings is 2. The van der Waals surface area contributed by atoms with E-state index in [9.17, 15) is 9.59 Å². The van der Waals surface area contributed by atoms with Crippen molar-refractivity contribution in [3.8, 4) is 0 Å². The first-order valence-corrected chi connectivity index (χ1v) is 12.1. The lowest BCUT2D eigenvalue weighted by molar-refractivity contribution is -0.137. The van der Waals surface area contributed by atoms with Gasteiger partial charge in [-0.1, -0.05) is 23.4 Å². The highest BCUT2D eigenvalue weighted by atomic mass is 16.5. The van der Waals surface area contributed by atoms with Gasteiger partial charge in [0.25, 0.3) is 0 Å². The topological polar surface area (TPSA) is 119 Å². The van der Waals surface area contributed by atoms with E-state index < -0.39 is 5.91 Å². The largest absolute Gasteiger partial charge is 0.370 e. The first-order valence-electron chi connectivity index (χ1n) is 12.1. The third-order valence-corrected chi connectivity index (χ3v) is 6.78. The first kappa shape index (κ1) is 23.7. The molecule has 1 fully saturated rings. The zero-order valence-electron chi connectivity index (χ0n) is 20.2. The smallest absolute Gasteiger partial charge is 0.248 e. The molecule has 1 aliphatic rings. The summed E-state index contributed by atoms with van der Waals surface area (Å²) in [6, 6.07) is 17.5. The van der Waals surface area contributed by atoms with Crippen molar-refractivity contribution in [1.82, 2.24) is 24.9 Å². The van der Waals surface area contributed by atoms with Gasteiger partial charge in [-0.3, -0.25) is 9.59 Å². The number of fused-ring (bicyclic) bond motifs is 2. The van der Waals surface area contributed by atoms with Crippen LogP contribution < -0.4 is 10.6 Å². The molecule has 186 valence electrons. The van der Waals surface area contributed by atoms with Gasteiger partial charge < -0.3 is 20.3 Å². The number of primary amides is 1. The minimum absolute atomic E-state index is 0.00209. The SMILES string of the molecule is CN(C(=O)COCCn1nnc2ccc(C(N)=O)cc21)C1CCN(c2ccc3ccccc3n2)CC1. The highest BCUT2D eigenvalue weighted by molar-refractivity contribution is 5.96. The molecule has 0 saturated carbocycles. The van der Waals surface area contributed by atoms with Crippen LogP contribution in [0.1, 0.15) is 23.2 Å². The lowest BCUT2D eigenvalue weighted by Crippen LogP contribution is -2.46. The number of aromatic nitrogens is 4. The summed E-state index contributed by atoms with van der Waals surface area (Å²) >= 11 is 0. The fourth-order valence-electron chi connectivity index (χ4n) is 4.61. The lowest BCUT2D eigenvalue weighted by atomic mass is 10.0. The number of nitrogens with zero attached hydrogens (tertiary/aromatic N) is 6. The van der Waals surface area contributed by atoms with Crippen LogP contribution in [-0.4, -0.2) is 76.1 Å². The van der Waals surface area contributed by atoms with Crippen LogP contribution in [0.3, 0.4) is 0 Å². The maximum atomic E-state index is 12.7. The molecule has 2 amide bonds. The zero-order chi connectivity index (χ0) is 25.1. The van der Waals surface area contributed by atoms with Crippen molar-refractivity contribution in [1.29, 1.82) is 0 Å². The van der Waals surface area contributed by atoms with Crippen LogP contribution in [0.2, 0.25) is 0 Å². The monoisotopic (exact) mass is 487 g/mol. The molecule has 1 aliphatic heterocycles. The van der Waals surface area contributed by atoms with Gasteiger partial charge in [-0.15, -0.1) is 5.10 Å². The molecule has 0 atom stereocenters. The summed E-state index contributed by atoms with van der Waals surface area (Å²) in [5.74, 6) is 0.429. The molecule has 5 rings (SSSR count). The molecule has 0 spiro atoms. The summed E-state index contributed by atoms with van der Waals surface area (Å²) in [4.78, 5) is 33.0. The summed E-state index contributed by atoms with van der Waals surface area (Å²) in [5.41, 5.74) is 8.12. The van der Waals surface area contributed by atoms with Crippen molar-refractivity contribution in [3.63, 3.8) is 0 Å². The molecule has 10 heteroatoms. The van der Waals surface area contributed by atoms with Crippen molar-refractivity contribution in [3.05, 3.63) is 60.2 Å². The average molecular weight is 488 g/mol. The van der Waals surface area contributed by atoms with E-state index in [1.807, 2.05) is 25.2 Å². The molecular weight excluding hydrogens is 458 g/mol. The third-order valence-electron chi connectivity index (χ3n) is 6.78. The molecule has 2 aromatic carbocycles. The maximum absolute atomic E-state index is 12.7. The van der Waals surface area contributed by atoms with E-state index in [2.05, 4.69) is 33.4 Å². The van der Waals surface area contributed by atoms with Gasteiger partial charge in [-0.2, -0.15) is 0 Å². The van der Waals surface area contributed by atoms with Crippen LogP contribution in [0.4, 0.5) is 5.82 Å². The number of hydrogen-bond acceptors (Lipinski definition) is 7. The van der Waals surface area contributed by atoms with E-state index in [1.54, 1.807) is 27.8 Å². The number of nitrogens with two attached hydrogens (primary N) is 1. The molecule has 0 bridgehead atoms. The number of hydrogen-bond donors (Lipinski definition) is 1. The number of carbonyl (C=O) groups excluding carboxylic acids is 2. The van der Waals surface area contributed by atoms with Crippen LogP contribution in [-0.2, 0) is 16.1 Å². The number of anilines is 1. The average Bonchev–Trinajstić information content (AvgIpc) is 3.32. The van der Waals surface area contributed by atoms with Crippen LogP contribution >= 0.6 is 0 Å². The second-order valence-electron chi connectivity index (χ2n) is 9.02. The molecule has 2 aromatic heterocycles. The van der Waals surface area contributed by atoms with Gasteiger partial charge in [0.05, 0.1) is 24.2 Å². The molecule has 1 saturated heterocycles. The van der Waals surface area contributed by atoms with E-state index in [0.29, 0.717) is 29.7 Å². The van der Waals surface area contributed by atoms with Crippen LogP contribution in [0, 0.1) is 0 Å². The van der Waals surface area contributed by atoms with E-state index in [1.165, 1.54) is 0 Å². The van der Waals surface area contributed by atoms with Gasteiger partial charge in [-0.25, -0.2) is 9.67 Å². The normalized spacial score (nSPS) is 14.4. The van der Waals surface area contributed by atoms with E-state index in [4.69, 9.17) is 15.5 Å². The number of amides is 2. The molecule has 2 N–H and O–H groups in total. The molecule has 4 aromatic rings. The fraction of sp³-hybridized carbons (Fsp3) is 0.346. The summed E-state index contributed by atoms with van der Waals surface area (Å²) in [6.45, 7) is 2.40. The molecule has 10 nitrogen and oxygen atoms in total. The van der Waals surface area contributed by atoms with Crippen molar-refractivity contribution < 1.29 is 14.3 Å².